The van der Waals surface area contributed by atoms with Gasteiger partial charge in [-0.15, -0.1) is 0 Å². The van der Waals surface area contributed by atoms with Crippen molar-refractivity contribution in [2.24, 2.45) is 11.1 Å². The molecule has 0 aliphatic heterocycles. The third-order valence-corrected chi connectivity index (χ3v) is 1.88. The van der Waals surface area contributed by atoms with E-state index in [0.717, 1.165) is 19.5 Å². The third kappa shape index (κ3) is 7.59. The fourth-order valence-electron chi connectivity index (χ4n) is 0.980. The summed E-state index contributed by atoms with van der Waals surface area (Å²) in [4.78, 5) is 10.3. The van der Waals surface area contributed by atoms with Gasteiger partial charge in [0.25, 0.3) is 0 Å². The Hall–Kier alpha value is -0.770. The van der Waals surface area contributed by atoms with Crippen LogP contribution in [0.2, 0.25) is 0 Å². The summed E-state index contributed by atoms with van der Waals surface area (Å²) in [5, 5.41) is 3.25. The molecule has 78 valence electrons. The summed E-state index contributed by atoms with van der Waals surface area (Å²) >= 11 is 0. The maximum absolute atomic E-state index is 10.3. The Bertz CT molecular complexity index is 158. The molecule has 0 saturated heterocycles. The third-order valence-electron chi connectivity index (χ3n) is 1.88. The Morgan fingerprint density at radius 2 is 2.15 bits per heavy atom. The van der Waals surface area contributed by atoms with Gasteiger partial charge in [0, 0.05) is 6.54 Å². The van der Waals surface area contributed by atoms with Gasteiger partial charge in [0.2, 0.25) is 0 Å². The Morgan fingerprint density at radius 3 is 2.62 bits per heavy atom. The van der Waals surface area contributed by atoms with Gasteiger partial charge in [-0.05, 0) is 18.4 Å². The number of carbonyl (C=O) groups is 1. The van der Waals surface area contributed by atoms with E-state index in [-0.39, 0.29) is 5.41 Å². The number of ether oxygens (including phenoxy) is 1. The van der Waals surface area contributed by atoms with Crippen LogP contribution in [0, 0.1) is 5.41 Å². The van der Waals surface area contributed by atoms with Gasteiger partial charge in [0.05, 0.1) is 6.61 Å². The monoisotopic (exact) mass is 188 g/mol. The maximum Gasteiger partial charge on any atom is 0.404 e. The smallest absolute Gasteiger partial charge is 0.404 e. The normalized spacial score (nSPS) is 11.3. The van der Waals surface area contributed by atoms with Crippen LogP contribution in [0.4, 0.5) is 4.79 Å². The first kappa shape index (κ1) is 12.2. The van der Waals surface area contributed by atoms with Crippen LogP contribution in [0.5, 0.6) is 0 Å². The lowest BCUT2D eigenvalue weighted by molar-refractivity contribution is 0.137. The lowest BCUT2D eigenvalue weighted by atomic mass is 9.90. The molecule has 3 N–H and O–H groups in total. The van der Waals surface area contributed by atoms with Crippen molar-refractivity contribution in [2.45, 2.75) is 27.2 Å². The summed E-state index contributed by atoms with van der Waals surface area (Å²) in [6.07, 6.45) is 0.127. The molecule has 13 heavy (non-hydrogen) atoms. The molecule has 0 rings (SSSR count). The van der Waals surface area contributed by atoms with E-state index in [1.165, 1.54) is 0 Å². The van der Waals surface area contributed by atoms with E-state index >= 15 is 0 Å². The van der Waals surface area contributed by atoms with Gasteiger partial charge >= 0.3 is 6.09 Å². The molecule has 0 aromatic carbocycles. The predicted octanol–water partition coefficient (Wildman–Crippen LogP) is 1.11. The highest BCUT2D eigenvalue weighted by atomic mass is 16.5. The predicted molar refractivity (Wildman–Crippen MR) is 52.5 cm³/mol. The van der Waals surface area contributed by atoms with Crippen molar-refractivity contribution in [2.75, 3.05) is 19.7 Å². The number of rotatable bonds is 6. The number of amides is 1. The Labute approximate surface area is 79.8 Å². The van der Waals surface area contributed by atoms with Crippen molar-refractivity contribution in [3.63, 3.8) is 0 Å². The fourth-order valence-corrected chi connectivity index (χ4v) is 0.980. The molecule has 0 bridgehead atoms. The van der Waals surface area contributed by atoms with Gasteiger partial charge in [0.1, 0.15) is 0 Å². The van der Waals surface area contributed by atoms with Crippen molar-refractivity contribution in [3.8, 4) is 0 Å². The van der Waals surface area contributed by atoms with E-state index in [2.05, 4.69) is 30.8 Å². The van der Waals surface area contributed by atoms with Gasteiger partial charge in [-0.25, -0.2) is 4.79 Å². The van der Waals surface area contributed by atoms with E-state index in [9.17, 15) is 4.79 Å². The van der Waals surface area contributed by atoms with E-state index in [1.54, 1.807) is 0 Å². The average Bonchev–Trinajstić information content (AvgIpc) is 2.00. The zero-order valence-corrected chi connectivity index (χ0v) is 8.72. The van der Waals surface area contributed by atoms with Crippen molar-refractivity contribution in [3.05, 3.63) is 0 Å². The second-order valence-electron chi connectivity index (χ2n) is 3.86. The summed E-state index contributed by atoms with van der Waals surface area (Å²) in [6, 6.07) is 0. The molecule has 0 unspecified atom stereocenters. The van der Waals surface area contributed by atoms with Crippen LogP contribution < -0.4 is 11.1 Å². The van der Waals surface area contributed by atoms with E-state index in [4.69, 9.17) is 5.73 Å². The molecule has 0 aromatic rings. The highest BCUT2D eigenvalue weighted by Crippen LogP contribution is 2.18. The Balaban J connectivity index is 3.56. The molecule has 0 aliphatic rings. The SMILES string of the molecule is CCNCC(C)(C)CCOC(N)=O. The topological polar surface area (TPSA) is 64.3 Å². The molecule has 0 atom stereocenters. The summed E-state index contributed by atoms with van der Waals surface area (Å²) < 4.78 is 4.67. The Morgan fingerprint density at radius 1 is 1.54 bits per heavy atom. The molecule has 0 heterocycles. The minimum atomic E-state index is -0.695. The second kappa shape index (κ2) is 5.80. The molecule has 0 saturated carbocycles. The van der Waals surface area contributed by atoms with Crippen molar-refractivity contribution in [1.29, 1.82) is 0 Å². The first-order valence-corrected chi connectivity index (χ1v) is 4.61. The minimum absolute atomic E-state index is 0.144. The first-order chi connectivity index (χ1) is 5.98. The lowest BCUT2D eigenvalue weighted by Crippen LogP contribution is -2.30. The van der Waals surface area contributed by atoms with E-state index in [0.29, 0.717) is 6.61 Å². The van der Waals surface area contributed by atoms with Crippen LogP contribution in [0.15, 0.2) is 0 Å². The van der Waals surface area contributed by atoms with Crippen LogP contribution in [-0.4, -0.2) is 25.8 Å². The molecule has 0 aromatic heterocycles. The van der Waals surface area contributed by atoms with E-state index < -0.39 is 6.09 Å². The highest BCUT2D eigenvalue weighted by Gasteiger charge is 2.17. The number of nitrogens with two attached hydrogens (primary N) is 1. The molecular formula is C9H20N2O2. The van der Waals surface area contributed by atoms with Gasteiger partial charge in [-0.3, -0.25) is 0 Å². The summed E-state index contributed by atoms with van der Waals surface area (Å²) in [7, 11) is 0. The molecule has 4 nitrogen and oxygen atoms in total. The average molecular weight is 188 g/mol. The van der Waals surface area contributed by atoms with Crippen molar-refractivity contribution >= 4 is 6.09 Å². The number of hydrogen-bond donors (Lipinski definition) is 2. The quantitative estimate of drug-likeness (QED) is 0.656. The number of nitrogens with one attached hydrogen (secondary N) is 1. The van der Waals surface area contributed by atoms with Crippen LogP contribution >= 0.6 is 0 Å². The maximum atomic E-state index is 10.3. The molecule has 0 fully saturated rings. The first-order valence-electron chi connectivity index (χ1n) is 4.61. The lowest BCUT2D eigenvalue weighted by Gasteiger charge is -2.24. The van der Waals surface area contributed by atoms with Crippen LogP contribution in [0.25, 0.3) is 0 Å². The van der Waals surface area contributed by atoms with Gasteiger partial charge < -0.3 is 15.8 Å². The van der Waals surface area contributed by atoms with Crippen LogP contribution in [0.3, 0.4) is 0 Å². The summed E-state index contributed by atoms with van der Waals surface area (Å²) in [5.41, 5.74) is 4.99. The molecule has 1 amide bonds. The standard InChI is InChI=1S/C9H20N2O2/c1-4-11-7-9(2,3)5-6-13-8(10)12/h11H,4-7H2,1-3H3,(H2,10,12). The molecular weight excluding hydrogens is 168 g/mol. The molecule has 4 heteroatoms. The molecule has 0 aliphatic carbocycles. The second-order valence-corrected chi connectivity index (χ2v) is 3.86. The van der Waals surface area contributed by atoms with Gasteiger partial charge in [0.15, 0.2) is 0 Å². The summed E-state index contributed by atoms with van der Waals surface area (Å²) in [5.74, 6) is 0. The summed E-state index contributed by atoms with van der Waals surface area (Å²) in [6.45, 7) is 8.59. The van der Waals surface area contributed by atoms with E-state index in [1.807, 2.05) is 0 Å². The van der Waals surface area contributed by atoms with Crippen molar-refractivity contribution < 1.29 is 9.53 Å². The highest BCUT2D eigenvalue weighted by molar-refractivity contribution is 5.64. The Kier molecular flexibility index (Phi) is 5.46. The largest absolute Gasteiger partial charge is 0.450 e. The fraction of sp³-hybridized carbons (Fsp3) is 0.889. The number of hydrogen-bond acceptors (Lipinski definition) is 3. The number of carbonyl (C=O) groups excluding carboxylic acids is 1. The zero-order valence-electron chi connectivity index (χ0n) is 8.72. The van der Waals surface area contributed by atoms with Crippen LogP contribution in [-0.2, 0) is 4.74 Å². The molecule has 0 radical (unpaired) electrons. The molecule has 0 spiro atoms. The minimum Gasteiger partial charge on any atom is -0.450 e. The zero-order chi connectivity index (χ0) is 10.3. The van der Waals surface area contributed by atoms with Gasteiger partial charge in [-0.1, -0.05) is 20.8 Å². The number of primary amides is 1. The van der Waals surface area contributed by atoms with Crippen molar-refractivity contribution in [1.82, 2.24) is 5.32 Å². The van der Waals surface area contributed by atoms with Crippen LogP contribution in [0.1, 0.15) is 27.2 Å². The van der Waals surface area contributed by atoms with Gasteiger partial charge in [-0.2, -0.15) is 0 Å².